The zero-order valence-corrected chi connectivity index (χ0v) is 86.1. The van der Waals surface area contributed by atoms with E-state index in [1.807, 2.05) is 79.7 Å². The van der Waals surface area contributed by atoms with E-state index in [0.717, 1.165) is 222 Å². The normalized spacial score (nSPS) is 18.3. The van der Waals surface area contributed by atoms with Gasteiger partial charge in [-0.05, 0) is 226 Å². The standard InChI is InChI=1S/C21H25N3O.C21H23N3O.C20H25N3O.C20H23N3.C14H19N3O.C12H15NO.C7H9N.C3H4Cl2O2/c2*1-17-7-9-19(10-8-17)24-16-22-20(25)21(24)11-13-23(14-12-21)15-18-5-3-2-4-6-18;1-16-7-9-18(10-8-16)22-20(19(21)24)11-13-23(14-12-20)15-17-5-3-2-4-6-17;1-17-7-9-19(10-8-17)22-20(16-21)11-13-23(14-12-20)15-18-5-3-2-4-6-18;1-11-2-4-12(5-3-11)17-10-16-13(18)14(17)6-8-15-9-7-14;14-12-6-8-13(9-7-12)10-11-4-2-1-3-5-11;1-6-2-4-7(8)5-3-6;1-2(4)7-3(5)6/h2-10H,11-16H2,1H3,(H,22,25);2-10,16H,11-15H2,1H3;2-10,22H,11-15H2,1H3,(H2,21,24);2-10,22H,11-15H2,1H3;2-5,15H,6-10H2,1H3,(H,16,18);1-5H,6-10H2;2-5H,8H2,1H3;2H,1H3. The van der Waals surface area contributed by atoms with Gasteiger partial charge in [0.05, 0.1) is 25.7 Å². The fraction of sp³-hybridized carbons (Fsp3) is 0.373. The smallest absolute Gasteiger partial charge is 0.405 e. The van der Waals surface area contributed by atoms with Gasteiger partial charge in [0.25, 0.3) is 5.91 Å². The van der Waals surface area contributed by atoms with Crippen LogP contribution in [0.15, 0.2) is 302 Å². The zero-order valence-electron chi connectivity index (χ0n) is 84.6. The van der Waals surface area contributed by atoms with Gasteiger partial charge in [-0.1, -0.05) is 269 Å². The van der Waals surface area contributed by atoms with Crippen LogP contribution >= 0.6 is 23.2 Å². The number of likely N-dealkylation sites (tertiary alicyclic amines) is 5. The first kappa shape index (κ1) is 108. The summed E-state index contributed by atoms with van der Waals surface area (Å²) in [7, 11) is 0. The van der Waals surface area contributed by atoms with Gasteiger partial charge in [0.15, 0.2) is 5.56 Å². The number of nitrogens with two attached hydrogens (primary N) is 2. The lowest BCUT2D eigenvalue weighted by atomic mass is 9.85. The highest BCUT2D eigenvalue weighted by Gasteiger charge is 2.53. The number of hydrogen-bond donors (Lipinski definition) is 7. The highest BCUT2D eigenvalue weighted by Crippen LogP contribution is 2.41. The molecule has 0 radical (unpaired) electrons. The average Bonchev–Trinajstić information content (AvgIpc) is 1.55. The van der Waals surface area contributed by atoms with Crippen LogP contribution in [0.25, 0.3) is 0 Å². The van der Waals surface area contributed by atoms with Crippen LogP contribution in [0, 0.1) is 52.9 Å². The lowest BCUT2D eigenvalue weighted by Crippen LogP contribution is -2.56. The Bertz CT molecular complexity index is 5830. The second kappa shape index (κ2) is 53.0. The van der Waals surface area contributed by atoms with Crippen molar-refractivity contribution in [1.82, 2.24) is 40.4 Å². The van der Waals surface area contributed by atoms with Crippen molar-refractivity contribution < 1.29 is 33.5 Å². The van der Waals surface area contributed by atoms with Gasteiger partial charge in [0.1, 0.15) is 33.5 Å². The van der Waals surface area contributed by atoms with Crippen molar-refractivity contribution in [3.63, 3.8) is 0 Å². The summed E-state index contributed by atoms with van der Waals surface area (Å²) in [6.45, 7) is 30.9. The summed E-state index contributed by atoms with van der Waals surface area (Å²) in [6.07, 6.45) is 11.5. The molecular weight excluding hydrogens is 1840 g/mol. The molecule has 0 aliphatic carbocycles. The molecule has 1 unspecified atom stereocenters. The molecule has 9 heterocycles. The molecule has 144 heavy (non-hydrogen) atoms. The van der Waals surface area contributed by atoms with Crippen LogP contribution in [0.3, 0.4) is 0 Å². The Hall–Kier alpha value is -13.1. The Morgan fingerprint density at radius 1 is 0.410 bits per heavy atom. The Balaban J connectivity index is 0.000000142. The minimum absolute atomic E-state index is 0.00689. The summed E-state index contributed by atoms with van der Waals surface area (Å²) in [5.41, 5.74) is 27.5. The first-order chi connectivity index (χ1) is 69.6. The molecule has 9 aliphatic heterocycles. The first-order valence-corrected chi connectivity index (χ1v) is 51.4. The summed E-state index contributed by atoms with van der Waals surface area (Å²) in [4.78, 5) is 93.2. The van der Waals surface area contributed by atoms with Gasteiger partial charge in [0, 0.05) is 157 Å². The van der Waals surface area contributed by atoms with E-state index in [1.54, 1.807) is 6.34 Å². The largest absolute Gasteiger partial charge is 0.434 e. The number of nitriles is 1. The van der Waals surface area contributed by atoms with Crippen LogP contribution in [0.5, 0.6) is 0 Å². The maximum Gasteiger partial charge on any atom is 0.405 e. The van der Waals surface area contributed by atoms with Crippen molar-refractivity contribution in [3.8, 4) is 6.07 Å². The van der Waals surface area contributed by atoms with Crippen LogP contribution in [0.4, 0.5) is 38.9 Å². The molecule has 26 heteroatoms. The lowest BCUT2D eigenvalue weighted by Gasteiger charge is -2.43. The lowest BCUT2D eigenvalue weighted by molar-refractivity contribution is -0.125. The quantitative estimate of drug-likeness (QED) is 0.0225. The SMILES string of the molecule is CC(Cl)OC(=O)Cl.Cc1ccc(N)cc1.Cc1ccc(N2C=NC(=O)C23CCN(Cc2ccccc2)CC3)cc1.Cc1ccc(N2CNC(=O)C23CCN(Cc2ccccc2)CC3)cc1.Cc1ccc(N2CNC(=O)C23CCNCC3)cc1.Cc1ccc(NC2(C#N)CCN(Cc3ccccc3)CC2)cc1.Cc1ccc(NC2(C(N)=O)CCN(Cc3ccccc3)CC2)cc1.O=C1CCN(Cc2ccccc2)CC1. The van der Waals surface area contributed by atoms with E-state index in [9.17, 15) is 34.0 Å². The van der Waals surface area contributed by atoms with Crippen LogP contribution < -0.4 is 52.8 Å². The summed E-state index contributed by atoms with van der Waals surface area (Å²) < 4.78 is 4.14. The third-order valence-corrected chi connectivity index (χ3v) is 28.8. The van der Waals surface area contributed by atoms with Gasteiger partial charge < -0.3 is 57.5 Å². The molecule has 3 spiro atoms. The Morgan fingerprint density at radius 3 is 1.04 bits per heavy atom. The minimum atomic E-state index is -0.873. The number of carbonyl (C=O) groups is 6. The van der Waals surface area contributed by atoms with Crippen molar-refractivity contribution in [1.29, 1.82) is 5.26 Å². The third-order valence-electron chi connectivity index (χ3n) is 28.6. The number of halogens is 2. The van der Waals surface area contributed by atoms with E-state index >= 15 is 0 Å². The van der Waals surface area contributed by atoms with Gasteiger partial charge >= 0.3 is 5.43 Å². The molecule has 0 saturated carbocycles. The molecule has 8 fully saturated rings. The number of piperidine rings is 6. The number of primary amides is 1. The van der Waals surface area contributed by atoms with Gasteiger partial charge in [-0.3, -0.25) is 48.5 Å². The number of hydrogen-bond acceptors (Lipinski definition) is 20. The van der Waals surface area contributed by atoms with Crippen molar-refractivity contribution in [2.24, 2.45) is 10.7 Å². The highest BCUT2D eigenvalue weighted by molar-refractivity contribution is 6.61. The van der Waals surface area contributed by atoms with Gasteiger partial charge in [-0.25, -0.2) is 9.79 Å². The fourth-order valence-corrected chi connectivity index (χ4v) is 20.1. The van der Waals surface area contributed by atoms with E-state index in [4.69, 9.17) is 34.7 Å². The monoisotopic (exact) mass is 1980 g/mol. The van der Waals surface area contributed by atoms with Crippen molar-refractivity contribution >= 4 is 98.5 Å². The minimum Gasteiger partial charge on any atom is -0.434 e. The molecule has 4 amide bonds. The third kappa shape index (κ3) is 31.0. The number of nitrogens with one attached hydrogen (secondary N) is 5. The van der Waals surface area contributed by atoms with Gasteiger partial charge in [-0.2, -0.15) is 5.26 Å². The summed E-state index contributed by atoms with van der Waals surface area (Å²) in [6, 6.07) is 104. The second-order valence-corrected chi connectivity index (χ2v) is 40.2. The number of benzene rings is 11. The van der Waals surface area contributed by atoms with E-state index in [1.165, 1.54) is 68.1 Å². The maximum absolute atomic E-state index is 12.7. The Morgan fingerprint density at radius 2 is 0.715 bits per heavy atom. The number of alkyl halides is 1. The molecule has 9 aliphatic rings. The van der Waals surface area contributed by atoms with E-state index < -0.39 is 27.6 Å². The van der Waals surface area contributed by atoms with Crippen LogP contribution in [-0.4, -0.2) is 191 Å². The molecule has 11 aromatic carbocycles. The van der Waals surface area contributed by atoms with E-state index in [2.05, 4.69) is 341 Å². The van der Waals surface area contributed by atoms with Crippen molar-refractivity contribution in [2.45, 2.75) is 191 Å². The molecule has 0 bridgehead atoms. The summed E-state index contributed by atoms with van der Waals surface area (Å²) in [5, 5.41) is 26.0. The molecular formula is C118H143Cl2N17O7. The first-order valence-electron chi connectivity index (χ1n) is 50.6. The number of aryl methyl sites for hydroxylation is 6. The number of nitrogen functional groups attached to an aromatic ring is 1. The number of amides is 4. The van der Waals surface area contributed by atoms with Gasteiger partial charge in [-0.15, -0.1) is 0 Å². The Labute approximate surface area is 861 Å². The molecule has 756 valence electrons. The maximum atomic E-state index is 12.7. The number of rotatable bonds is 19. The molecule has 11 aromatic rings. The second-order valence-electron chi connectivity index (χ2n) is 39.2. The molecule has 24 nitrogen and oxygen atoms in total. The topological polar surface area (TPSA) is 286 Å². The van der Waals surface area contributed by atoms with Crippen LogP contribution in [0.2, 0.25) is 0 Å². The van der Waals surface area contributed by atoms with E-state index in [0.29, 0.717) is 19.1 Å². The molecule has 20 rings (SSSR count). The highest BCUT2D eigenvalue weighted by atomic mass is 35.5. The molecule has 8 saturated heterocycles. The summed E-state index contributed by atoms with van der Waals surface area (Å²) >= 11 is 9.87. The predicted molar refractivity (Wildman–Crippen MR) is 584 cm³/mol. The number of anilines is 6. The molecule has 9 N–H and O–H groups in total. The number of aliphatic imine (C=N–C) groups is 1. The van der Waals surface area contributed by atoms with Crippen molar-refractivity contribution in [3.05, 3.63) is 358 Å². The Kier molecular flexibility index (Phi) is 39.8. The average molecular weight is 1980 g/mol. The predicted octanol–water partition coefficient (Wildman–Crippen LogP) is 19.6. The summed E-state index contributed by atoms with van der Waals surface area (Å²) in [5.74, 6) is 0.529. The molecule has 0 aromatic heterocycles. The zero-order chi connectivity index (χ0) is 102. The van der Waals surface area contributed by atoms with Crippen molar-refractivity contribution in [2.75, 3.05) is 123 Å². The van der Waals surface area contributed by atoms with Crippen LogP contribution in [0.1, 0.15) is 145 Å². The van der Waals surface area contributed by atoms with Gasteiger partial charge in [0.2, 0.25) is 17.7 Å². The van der Waals surface area contributed by atoms with Crippen LogP contribution in [-0.2, 0) is 61.4 Å². The van der Waals surface area contributed by atoms with E-state index in [-0.39, 0.29) is 34.7 Å². The number of ether oxygens (including phenoxy) is 1. The fourth-order valence-electron chi connectivity index (χ4n) is 19.8. The number of Topliss-reactive ketones (excluding diaryl/α,β-unsaturated/α-hetero) is 1. The number of nitrogens with zero attached hydrogens (tertiary/aromatic N) is 10. The number of carbonyl (C=O) groups excluding carboxylic acids is 6. The molecule has 1 atom stereocenters. The number of ketones is 1.